The maximum absolute atomic E-state index is 11.9. The van der Waals surface area contributed by atoms with Crippen molar-refractivity contribution < 1.29 is 14.3 Å². The smallest absolute Gasteiger partial charge is 0.363 e. The van der Waals surface area contributed by atoms with Crippen molar-refractivity contribution in [3.8, 4) is 5.75 Å². The van der Waals surface area contributed by atoms with Crippen molar-refractivity contribution in [3.63, 3.8) is 0 Å². The molecule has 0 saturated heterocycles. The molecule has 0 unspecified atom stereocenters. The van der Waals surface area contributed by atoms with Crippen molar-refractivity contribution in [2.75, 3.05) is 7.11 Å². The number of carbonyl (C=O) groups excluding carboxylic acids is 1. The minimum atomic E-state index is -0.424. The van der Waals surface area contributed by atoms with Crippen LogP contribution in [0.2, 0.25) is 0 Å². The third-order valence-electron chi connectivity index (χ3n) is 3.00. The molecule has 0 fully saturated rings. The molecule has 2 heterocycles. The molecule has 0 aliphatic carbocycles. The van der Waals surface area contributed by atoms with E-state index in [-0.39, 0.29) is 0 Å². The lowest BCUT2D eigenvalue weighted by Gasteiger charge is -2.01. The molecule has 0 bridgehead atoms. The van der Waals surface area contributed by atoms with Gasteiger partial charge in [0.25, 0.3) is 0 Å². The van der Waals surface area contributed by atoms with Gasteiger partial charge in [-0.1, -0.05) is 0 Å². The zero-order chi connectivity index (χ0) is 14.8. The number of hydrogen-bond donors (Lipinski definition) is 0. The molecule has 5 heteroatoms. The number of nitrogens with zero attached hydrogens (tertiary/aromatic N) is 1. The number of aliphatic imine (C=N–C) groups is 1. The van der Waals surface area contributed by atoms with Crippen molar-refractivity contribution in [1.82, 2.24) is 0 Å². The lowest BCUT2D eigenvalue weighted by molar-refractivity contribution is -0.129. The zero-order valence-corrected chi connectivity index (χ0v) is 12.4. The van der Waals surface area contributed by atoms with Crippen molar-refractivity contribution >= 4 is 29.3 Å². The first-order valence-electron chi connectivity index (χ1n) is 6.39. The van der Waals surface area contributed by atoms with E-state index in [9.17, 15) is 4.79 Å². The zero-order valence-electron chi connectivity index (χ0n) is 11.6. The van der Waals surface area contributed by atoms with Crippen molar-refractivity contribution in [1.29, 1.82) is 0 Å². The number of benzene rings is 1. The van der Waals surface area contributed by atoms with E-state index < -0.39 is 5.97 Å². The molecule has 0 N–H and O–H groups in total. The molecule has 21 heavy (non-hydrogen) atoms. The van der Waals surface area contributed by atoms with E-state index in [1.807, 2.05) is 31.2 Å². The van der Waals surface area contributed by atoms with Crippen LogP contribution in [-0.2, 0) is 9.53 Å². The first kappa shape index (κ1) is 13.6. The van der Waals surface area contributed by atoms with Crippen LogP contribution in [0, 0.1) is 6.92 Å². The van der Waals surface area contributed by atoms with Gasteiger partial charge in [-0.2, -0.15) is 0 Å². The van der Waals surface area contributed by atoms with Crippen molar-refractivity contribution in [2.45, 2.75) is 6.92 Å². The largest absolute Gasteiger partial charge is 0.497 e. The maximum atomic E-state index is 11.9. The predicted molar refractivity (Wildman–Crippen MR) is 82.7 cm³/mol. The summed E-state index contributed by atoms with van der Waals surface area (Å²) >= 11 is 1.61. The molecule has 3 rings (SSSR count). The summed E-state index contributed by atoms with van der Waals surface area (Å²) in [6, 6.07) is 11.2. The van der Waals surface area contributed by atoms with Gasteiger partial charge in [0, 0.05) is 15.3 Å². The van der Waals surface area contributed by atoms with E-state index in [4.69, 9.17) is 9.47 Å². The fourth-order valence-electron chi connectivity index (χ4n) is 1.93. The molecule has 0 radical (unpaired) electrons. The van der Waals surface area contributed by atoms with Crippen LogP contribution in [0.25, 0.3) is 6.08 Å². The van der Waals surface area contributed by atoms with E-state index in [1.165, 1.54) is 4.88 Å². The molecular weight excluding hydrogens is 286 g/mol. The number of cyclic esters (lactones) is 1. The molecule has 2 aromatic rings. The number of thiophene rings is 1. The van der Waals surface area contributed by atoms with Gasteiger partial charge in [0.05, 0.1) is 7.11 Å². The third-order valence-corrected chi connectivity index (χ3v) is 3.95. The first-order valence-corrected chi connectivity index (χ1v) is 7.21. The summed E-state index contributed by atoms with van der Waals surface area (Å²) < 4.78 is 10.3. The van der Waals surface area contributed by atoms with Crippen LogP contribution in [0.4, 0.5) is 0 Å². The summed E-state index contributed by atoms with van der Waals surface area (Å²) in [7, 11) is 1.60. The summed E-state index contributed by atoms with van der Waals surface area (Å²) in [4.78, 5) is 18.3. The van der Waals surface area contributed by atoms with E-state index >= 15 is 0 Å². The van der Waals surface area contributed by atoms with Crippen molar-refractivity contribution in [3.05, 3.63) is 57.4 Å². The number of carbonyl (C=O) groups is 1. The van der Waals surface area contributed by atoms with Gasteiger partial charge in [-0.25, -0.2) is 9.79 Å². The topological polar surface area (TPSA) is 47.9 Å². The second-order valence-electron chi connectivity index (χ2n) is 4.51. The van der Waals surface area contributed by atoms with Gasteiger partial charge < -0.3 is 9.47 Å². The third kappa shape index (κ3) is 2.87. The van der Waals surface area contributed by atoms with E-state index in [2.05, 4.69) is 4.99 Å². The SMILES string of the molecule is COc1ccc(C2=NC(=Cc3ccc(C)s3)C(=O)O2)cc1. The van der Waals surface area contributed by atoms with Gasteiger partial charge >= 0.3 is 5.97 Å². The Morgan fingerprint density at radius 1 is 1.19 bits per heavy atom. The van der Waals surface area contributed by atoms with E-state index in [1.54, 1.807) is 36.7 Å². The number of aryl methyl sites for hydroxylation is 1. The summed E-state index contributed by atoms with van der Waals surface area (Å²) in [6.07, 6.45) is 1.75. The highest BCUT2D eigenvalue weighted by molar-refractivity contribution is 7.12. The van der Waals surface area contributed by atoms with Gasteiger partial charge in [0.2, 0.25) is 5.90 Å². The highest BCUT2D eigenvalue weighted by atomic mass is 32.1. The second-order valence-corrected chi connectivity index (χ2v) is 5.83. The Kier molecular flexibility index (Phi) is 3.58. The lowest BCUT2D eigenvalue weighted by Crippen LogP contribution is -2.05. The van der Waals surface area contributed by atoms with Crippen LogP contribution in [0.5, 0.6) is 5.75 Å². The Balaban J connectivity index is 1.89. The molecule has 4 nitrogen and oxygen atoms in total. The Morgan fingerprint density at radius 3 is 2.57 bits per heavy atom. The Bertz CT molecular complexity index is 741. The Labute approximate surface area is 126 Å². The molecule has 106 valence electrons. The lowest BCUT2D eigenvalue weighted by atomic mass is 10.2. The molecule has 0 spiro atoms. The fraction of sp³-hybridized carbons (Fsp3) is 0.125. The molecular formula is C16H13NO3S. The van der Waals surface area contributed by atoms with Crippen LogP contribution in [-0.4, -0.2) is 19.0 Å². The van der Waals surface area contributed by atoms with E-state index in [0.717, 1.165) is 16.2 Å². The number of ether oxygens (including phenoxy) is 2. The first-order chi connectivity index (χ1) is 10.2. The number of rotatable bonds is 3. The van der Waals surface area contributed by atoms with Gasteiger partial charge in [-0.3, -0.25) is 0 Å². The fourth-order valence-corrected chi connectivity index (χ4v) is 2.75. The number of methoxy groups -OCH3 is 1. The van der Waals surface area contributed by atoms with Crippen LogP contribution >= 0.6 is 11.3 Å². The average molecular weight is 299 g/mol. The minimum Gasteiger partial charge on any atom is -0.497 e. The molecule has 0 amide bonds. The van der Waals surface area contributed by atoms with Crippen LogP contribution in [0.1, 0.15) is 15.3 Å². The number of esters is 1. The summed E-state index contributed by atoms with van der Waals surface area (Å²) in [5, 5.41) is 0. The summed E-state index contributed by atoms with van der Waals surface area (Å²) in [5.74, 6) is 0.641. The Morgan fingerprint density at radius 2 is 1.95 bits per heavy atom. The van der Waals surface area contributed by atoms with Crippen LogP contribution < -0.4 is 4.74 Å². The van der Waals surface area contributed by atoms with Crippen LogP contribution in [0.15, 0.2) is 47.1 Å². The monoisotopic (exact) mass is 299 g/mol. The highest BCUT2D eigenvalue weighted by Crippen LogP contribution is 2.23. The predicted octanol–water partition coefficient (Wildman–Crippen LogP) is 3.41. The summed E-state index contributed by atoms with van der Waals surface area (Å²) in [6.45, 7) is 2.02. The van der Waals surface area contributed by atoms with Gasteiger partial charge in [-0.05, 0) is 49.4 Å². The molecule has 1 aliphatic heterocycles. The normalized spacial score (nSPS) is 16.0. The van der Waals surface area contributed by atoms with Gasteiger partial charge in [0.1, 0.15) is 5.75 Å². The van der Waals surface area contributed by atoms with Crippen LogP contribution in [0.3, 0.4) is 0 Å². The van der Waals surface area contributed by atoms with Gasteiger partial charge in [0.15, 0.2) is 5.70 Å². The van der Waals surface area contributed by atoms with Crippen molar-refractivity contribution in [2.24, 2.45) is 4.99 Å². The van der Waals surface area contributed by atoms with E-state index in [0.29, 0.717) is 11.6 Å². The second kappa shape index (κ2) is 5.54. The quantitative estimate of drug-likeness (QED) is 0.644. The average Bonchev–Trinajstić information content (AvgIpc) is 3.06. The van der Waals surface area contributed by atoms with Gasteiger partial charge in [-0.15, -0.1) is 11.3 Å². The Hall–Kier alpha value is -2.40. The molecule has 1 aliphatic rings. The number of hydrogen-bond acceptors (Lipinski definition) is 5. The molecule has 1 aromatic heterocycles. The minimum absolute atomic E-state index is 0.321. The molecule has 0 atom stereocenters. The molecule has 0 saturated carbocycles. The highest BCUT2D eigenvalue weighted by Gasteiger charge is 2.24. The molecule has 1 aromatic carbocycles. The maximum Gasteiger partial charge on any atom is 0.363 e. The standard InChI is InChI=1S/C16H13NO3S/c1-10-3-8-13(21-10)9-14-16(18)20-15(17-14)11-4-6-12(19-2)7-5-11/h3-9H,1-2H3. The summed E-state index contributed by atoms with van der Waals surface area (Å²) in [5.41, 5.74) is 1.07.